The summed E-state index contributed by atoms with van der Waals surface area (Å²) in [7, 11) is 0. The van der Waals surface area contributed by atoms with Crippen LogP contribution in [0.25, 0.3) is 0 Å². The minimum Gasteiger partial charge on any atom is -0.478 e. The second-order valence-corrected chi connectivity index (χ2v) is 3.80. The molecular formula is C13H11NO4. The van der Waals surface area contributed by atoms with Crippen LogP contribution in [0, 0.1) is 6.92 Å². The van der Waals surface area contributed by atoms with Gasteiger partial charge in [-0.1, -0.05) is 0 Å². The first-order valence-electron chi connectivity index (χ1n) is 5.25. The molecule has 0 fully saturated rings. The molecule has 18 heavy (non-hydrogen) atoms. The fourth-order valence-corrected chi connectivity index (χ4v) is 1.53. The van der Waals surface area contributed by atoms with Gasteiger partial charge < -0.3 is 14.8 Å². The average Bonchev–Trinajstić information content (AvgIpc) is 2.85. The Bertz CT molecular complexity index is 587. The molecule has 2 aromatic rings. The van der Waals surface area contributed by atoms with Crippen molar-refractivity contribution in [1.29, 1.82) is 0 Å². The van der Waals surface area contributed by atoms with E-state index in [1.54, 1.807) is 19.1 Å². The molecule has 5 heteroatoms. The molecule has 0 saturated carbocycles. The van der Waals surface area contributed by atoms with Gasteiger partial charge in [0.15, 0.2) is 0 Å². The Morgan fingerprint density at radius 2 is 2.00 bits per heavy atom. The van der Waals surface area contributed by atoms with Crippen LogP contribution in [0.4, 0.5) is 5.69 Å². The molecule has 0 bridgehead atoms. The van der Waals surface area contributed by atoms with Crippen molar-refractivity contribution in [2.24, 2.45) is 0 Å². The summed E-state index contributed by atoms with van der Waals surface area (Å²) < 4.78 is 4.82. The van der Waals surface area contributed by atoms with Crippen molar-refractivity contribution in [1.82, 2.24) is 0 Å². The minimum atomic E-state index is -0.995. The van der Waals surface area contributed by atoms with Crippen LogP contribution in [0.3, 0.4) is 0 Å². The summed E-state index contributed by atoms with van der Waals surface area (Å²) in [6.07, 6.45) is 2.76. The lowest BCUT2D eigenvalue weighted by atomic mass is 10.1. The van der Waals surface area contributed by atoms with Gasteiger partial charge in [0.05, 0.1) is 17.4 Å². The van der Waals surface area contributed by atoms with Crippen LogP contribution in [0.1, 0.15) is 26.3 Å². The Hall–Kier alpha value is -2.56. The van der Waals surface area contributed by atoms with Crippen LogP contribution >= 0.6 is 0 Å². The van der Waals surface area contributed by atoms with E-state index in [1.807, 2.05) is 0 Å². The summed E-state index contributed by atoms with van der Waals surface area (Å²) in [5.74, 6) is -1.29. The van der Waals surface area contributed by atoms with E-state index in [9.17, 15) is 9.59 Å². The maximum atomic E-state index is 11.8. The molecule has 0 unspecified atom stereocenters. The van der Waals surface area contributed by atoms with E-state index in [0.717, 1.165) is 0 Å². The number of furan rings is 1. The summed E-state index contributed by atoms with van der Waals surface area (Å²) in [4.78, 5) is 22.5. The number of benzene rings is 1. The van der Waals surface area contributed by atoms with E-state index in [1.165, 1.54) is 24.7 Å². The third-order valence-electron chi connectivity index (χ3n) is 2.50. The van der Waals surface area contributed by atoms with Crippen molar-refractivity contribution in [2.45, 2.75) is 6.92 Å². The van der Waals surface area contributed by atoms with E-state index < -0.39 is 5.97 Å². The Kier molecular flexibility index (Phi) is 3.14. The lowest BCUT2D eigenvalue weighted by molar-refractivity contribution is 0.0696. The van der Waals surface area contributed by atoms with Gasteiger partial charge in [0, 0.05) is 5.69 Å². The molecule has 1 aromatic carbocycles. The number of aromatic carboxylic acids is 1. The summed E-state index contributed by atoms with van der Waals surface area (Å²) in [6, 6.07) is 6.07. The van der Waals surface area contributed by atoms with Crippen LogP contribution in [-0.2, 0) is 0 Å². The van der Waals surface area contributed by atoms with Crippen molar-refractivity contribution < 1.29 is 19.1 Å². The van der Waals surface area contributed by atoms with Crippen molar-refractivity contribution in [3.8, 4) is 0 Å². The third-order valence-corrected chi connectivity index (χ3v) is 2.50. The molecule has 0 aliphatic heterocycles. The fourth-order valence-electron chi connectivity index (χ4n) is 1.53. The number of anilines is 1. The monoisotopic (exact) mass is 245 g/mol. The highest BCUT2D eigenvalue weighted by Crippen LogP contribution is 2.17. The number of rotatable bonds is 3. The highest BCUT2D eigenvalue weighted by Gasteiger charge is 2.10. The summed E-state index contributed by atoms with van der Waals surface area (Å²) >= 11 is 0. The number of nitrogens with one attached hydrogen (secondary N) is 1. The predicted molar refractivity (Wildman–Crippen MR) is 64.8 cm³/mol. The van der Waals surface area contributed by atoms with Crippen LogP contribution in [0.15, 0.2) is 41.2 Å². The average molecular weight is 245 g/mol. The van der Waals surface area contributed by atoms with Crippen LogP contribution < -0.4 is 5.32 Å². The van der Waals surface area contributed by atoms with Gasteiger partial charge in [-0.3, -0.25) is 4.79 Å². The van der Waals surface area contributed by atoms with Gasteiger partial charge in [-0.25, -0.2) is 4.79 Å². The van der Waals surface area contributed by atoms with Crippen molar-refractivity contribution in [3.05, 3.63) is 53.5 Å². The topological polar surface area (TPSA) is 79.5 Å². The molecule has 0 atom stereocenters. The Morgan fingerprint density at radius 3 is 2.56 bits per heavy atom. The molecular weight excluding hydrogens is 234 g/mol. The zero-order chi connectivity index (χ0) is 13.1. The van der Waals surface area contributed by atoms with Gasteiger partial charge in [0.1, 0.15) is 6.26 Å². The van der Waals surface area contributed by atoms with E-state index in [-0.39, 0.29) is 11.5 Å². The molecule has 1 aromatic heterocycles. The predicted octanol–water partition coefficient (Wildman–Crippen LogP) is 2.54. The Balaban J connectivity index is 2.20. The number of hydrogen-bond acceptors (Lipinski definition) is 3. The maximum absolute atomic E-state index is 11.8. The van der Waals surface area contributed by atoms with Crippen LogP contribution in [-0.4, -0.2) is 17.0 Å². The summed E-state index contributed by atoms with van der Waals surface area (Å²) in [6.45, 7) is 1.73. The first-order valence-corrected chi connectivity index (χ1v) is 5.25. The number of carbonyl (C=O) groups is 2. The Morgan fingerprint density at radius 1 is 1.22 bits per heavy atom. The van der Waals surface area contributed by atoms with E-state index >= 15 is 0 Å². The first-order chi connectivity index (χ1) is 8.58. The lowest BCUT2D eigenvalue weighted by Crippen LogP contribution is -2.12. The summed E-state index contributed by atoms with van der Waals surface area (Å²) in [5, 5.41) is 11.5. The van der Waals surface area contributed by atoms with Gasteiger partial charge in [0.25, 0.3) is 5.91 Å². The third kappa shape index (κ3) is 2.40. The van der Waals surface area contributed by atoms with Crippen LogP contribution in [0.2, 0.25) is 0 Å². The second-order valence-electron chi connectivity index (χ2n) is 3.80. The molecule has 0 aliphatic carbocycles. The SMILES string of the molecule is Cc1cc(C(=O)O)ccc1NC(=O)c1ccoc1. The molecule has 0 radical (unpaired) electrons. The number of amides is 1. The molecule has 5 nitrogen and oxygen atoms in total. The highest BCUT2D eigenvalue weighted by molar-refractivity contribution is 6.04. The molecule has 2 N–H and O–H groups in total. The first kappa shape index (κ1) is 11.9. The van der Waals surface area contributed by atoms with Gasteiger partial charge in [0.2, 0.25) is 0 Å². The van der Waals surface area contributed by atoms with Gasteiger partial charge in [-0.05, 0) is 36.8 Å². The fraction of sp³-hybridized carbons (Fsp3) is 0.0769. The van der Waals surface area contributed by atoms with E-state index in [0.29, 0.717) is 16.8 Å². The van der Waals surface area contributed by atoms with E-state index in [4.69, 9.17) is 9.52 Å². The zero-order valence-electron chi connectivity index (χ0n) is 9.64. The number of carbonyl (C=O) groups excluding carboxylic acids is 1. The van der Waals surface area contributed by atoms with Crippen molar-refractivity contribution in [3.63, 3.8) is 0 Å². The zero-order valence-corrected chi connectivity index (χ0v) is 9.64. The molecule has 0 saturated heterocycles. The van der Waals surface area contributed by atoms with Gasteiger partial charge in [-0.15, -0.1) is 0 Å². The second kappa shape index (κ2) is 4.75. The smallest absolute Gasteiger partial charge is 0.335 e. The number of carboxylic acid groups (broad SMARTS) is 1. The Labute approximate surface area is 103 Å². The van der Waals surface area contributed by atoms with Gasteiger partial charge >= 0.3 is 5.97 Å². The van der Waals surface area contributed by atoms with Gasteiger partial charge in [-0.2, -0.15) is 0 Å². The largest absolute Gasteiger partial charge is 0.478 e. The van der Waals surface area contributed by atoms with Crippen molar-refractivity contribution >= 4 is 17.6 Å². The number of hydrogen-bond donors (Lipinski definition) is 2. The normalized spacial score (nSPS) is 10.1. The molecule has 1 amide bonds. The quantitative estimate of drug-likeness (QED) is 0.870. The minimum absolute atomic E-state index is 0.189. The molecule has 1 heterocycles. The molecule has 2 rings (SSSR count). The summed E-state index contributed by atoms with van der Waals surface area (Å²) in [5.41, 5.74) is 1.86. The highest BCUT2D eigenvalue weighted by atomic mass is 16.4. The maximum Gasteiger partial charge on any atom is 0.335 e. The lowest BCUT2D eigenvalue weighted by Gasteiger charge is -2.07. The molecule has 92 valence electrons. The van der Waals surface area contributed by atoms with Crippen LogP contribution in [0.5, 0.6) is 0 Å². The molecule has 0 aliphatic rings. The molecule has 0 spiro atoms. The number of carboxylic acids is 1. The van der Waals surface area contributed by atoms with Crippen molar-refractivity contribution in [2.75, 3.05) is 5.32 Å². The number of aryl methyl sites for hydroxylation is 1. The standard InChI is InChI=1S/C13H11NO4/c1-8-6-9(13(16)17)2-3-11(8)14-12(15)10-4-5-18-7-10/h2-7H,1H3,(H,14,15)(H,16,17). The van der Waals surface area contributed by atoms with E-state index in [2.05, 4.69) is 5.32 Å².